The van der Waals surface area contributed by atoms with Gasteiger partial charge in [-0.05, 0) is 37.5 Å². The van der Waals surface area contributed by atoms with Crippen LogP contribution in [0.15, 0.2) is 0 Å². The molecule has 0 bridgehead atoms. The minimum absolute atomic E-state index is 0.112. The lowest BCUT2D eigenvalue weighted by Gasteiger charge is -2.32. The van der Waals surface area contributed by atoms with E-state index in [1.165, 1.54) is 19.3 Å². The van der Waals surface area contributed by atoms with Crippen LogP contribution >= 0.6 is 0 Å². The molecule has 0 radical (unpaired) electrons. The van der Waals surface area contributed by atoms with E-state index in [1.807, 2.05) is 0 Å². The molecule has 0 aromatic carbocycles. The van der Waals surface area contributed by atoms with Crippen LogP contribution in [0.25, 0.3) is 0 Å². The lowest BCUT2D eigenvalue weighted by atomic mass is 9.85. The number of rotatable bonds is 6. The Morgan fingerprint density at radius 2 is 2.11 bits per heavy atom. The maximum atomic E-state index is 11.3. The molecule has 3 N–H and O–H groups in total. The maximum absolute atomic E-state index is 11.3. The average Bonchev–Trinajstić information content (AvgIpc) is 3.20. The molecule has 18 heavy (non-hydrogen) atoms. The number of hydrogen-bond donors (Lipinski definition) is 2. The number of aliphatic carboxylic acids is 1. The van der Waals surface area contributed by atoms with E-state index in [0.29, 0.717) is 0 Å². The van der Waals surface area contributed by atoms with Gasteiger partial charge in [-0.15, -0.1) is 0 Å². The van der Waals surface area contributed by atoms with Crippen LogP contribution in [-0.4, -0.2) is 29.3 Å². The predicted molar refractivity (Wildman–Crippen MR) is 69.3 cm³/mol. The SMILES string of the molecule is CCC1CCCC(OCC(N)(C(=O)O)C2CC2)C1. The molecule has 2 fully saturated rings. The number of hydrogen-bond acceptors (Lipinski definition) is 3. The van der Waals surface area contributed by atoms with E-state index in [9.17, 15) is 9.90 Å². The topological polar surface area (TPSA) is 72.5 Å². The number of carboxylic acids is 1. The van der Waals surface area contributed by atoms with Crippen molar-refractivity contribution in [2.45, 2.75) is 63.5 Å². The molecule has 0 saturated heterocycles. The number of nitrogens with two attached hydrogens (primary N) is 1. The zero-order chi connectivity index (χ0) is 13.2. The minimum atomic E-state index is -1.15. The second kappa shape index (κ2) is 5.57. The molecule has 0 aliphatic heterocycles. The monoisotopic (exact) mass is 255 g/mol. The largest absolute Gasteiger partial charge is 0.480 e. The molecule has 0 aromatic rings. The Morgan fingerprint density at radius 1 is 1.39 bits per heavy atom. The molecule has 0 heterocycles. The summed E-state index contributed by atoms with van der Waals surface area (Å²) in [5.41, 5.74) is 4.85. The molecule has 0 amide bonds. The van der Waals surface area contributed by atoms with Gasteiger partial charge in [0.15, 0.2) is 0 Å². The first-order valence-corrected chi connectivity index (χ1v) is 7.20. The molecular weight excluding hydrogens is 230 g/mol. The summed E-state index contributed by atoms with van der Waals surface area (Å²) in [5.74, 6) is -0.0601. The molecule has 2 saturated carbocycles. The number of carboxylic acid groups (broad SMARTS) is 1. The lowest BCUT2D eigenvalue weighted by Crippen LogP contribution is -2.54. The van der Waals surface area contributed by atoms with Crippen LogP contribution in [0.3, 0.4) is 0 Å². The fraction of sp³-hybridized carbons (Fsp3) is 0.929. The Balaban J connectivity index is 1.84. The van der Waals surface area contributed by atoms with E-state index in [2.05, 4.69) is 6.92 Å². The van der Waals surface area contributed by atoms with Crippen LogP contribution in [0.5, 0.6) is 0 Å². The second-order valence-corrected chi connectivity index (χ2v) is 5.99. The van der Waals surface area contributed by atoms with Crippen molar-refractivity contribution in [1.82, 2.24) is 0 Å². The first-order chi connectivity index (χ1) is 8.56. The minimum Gasteiger partial charge on any atom is -0.480 e. The first-order valence-electron chi connectivity index (χ1n) is 7.20. The van der Waals surface area contributed by atoms with Crippen molar-refractivity contribution in [3.05, 3.63) is 0 Å². The van der Waals surface area contributed by atoms with Crippen molar-refractivity contribution in [3.8, 4) is 0 Å². The van der Waals surface area contributed by atoms with Gasteiger partial charge in [-0.25, -0.2) is 0 Å². The van der Waals surface area contributed by atoms with Crippen molar-refractivity contribution in [2.75, 3.05) is 6.61 Å². The van der Waals surface area contributed by atoms with E-state index in [1.54, 1.807) is 0 Å². The van der Waals surface area contributed by atoms with Crippen LogP contribution in [0.1, 0.15) is 51.9 Å². The van der Waals surface area contributed by atoms with Gasteiger partial charge in [-0.2, -0.15) is 0 Å². The fourth-order valence-electron chi connectivity index (χ4n) is 2.97. The van der Waals surface area contributed by atoms with E-state index >= 15 is 0 Å². The molecule has 3 unspecified atom stereocenters. The summed E-state index contributed by atoms with van der Waals surface area (Å²) in [6.45, 7) is 2.38. The highest BCUT2D eigenvalue weighted by Gasteiger charge is 2.49. The zero-order valence-corrected chi connectivity index (χ0v) is 11.2. The van der Waals surface area contributed by atoms with Gasteiger partial charge in [0.05, 0.1) is 12.7 Å². The lowest BCUT2D eigenvalue weighted by molar-refractivity contribution is -0.148. The van der Waals surface area contributed by atoms with Gasteiger partial charge in [0.1, 0.15) is 5.54 Å². The molecule has 104 valence electrons. The average molecular weight is 255 g/mol. The third kappa shape index (κ3) is 3.04. The van der Waals surface area contributed by atoms with Crippen LogP contribution in [0, 0.1) is 11.8 Å². The van der Waals surface area contributed by atoms with E-state index < -0.39 is 11.5 Å². The van der Waals surface area contributed by atoms with Crippen LogP contribution in [-0.2, 0) is 9.53 Å². The summed E-state index contributed by atoms with van der Waals surface area (Å²) < 4.78 is 5.84. The molecule has 2 rings (SSSR count). The summed E-state index contributed by atoms with van der Waals surface area (Å²) in [5, 5.41) is 9.27. The third-order valence-corrected chi connectivity index (χ3v) is 4.57. The van der Waals surface area contributed by atoms with Gasteiger partial charge < -0.3 is 15.6 Å². The zero-order valence-electron chi connectivity index (χ0n) is 11.2. The Hall–Kier alpha value is -0.610. The van der Waals surface area contributed by atoms with Crippen molar-refractivity contribution in [1.29, 1.82) is 0 Å². The Bertz CT molecular complexity index is 303. The van der Waals surface area contributed by atoms with Gasteiger partial charge in [-0.3, -0.25) is 4.79 Å². The Morgan fingerprint density at radius 3 is 2.67 bits per heavy atom. The quantitative estimate of drug-likeness (QED) is 0.763. The Labute approximate surface area is 109 Å². The smallest absolute Gasteiger partial charge is 0.326 e. The fourth-order valence-corrected chi connectivity index (χ4v) is 2.97. The van der Waals surface area contributed by atoms with Gasteiger partial charge in [0.25, 0.3) is 0 Å². The van der Waals surface area contributed by atoms with Crippen LogP contribution < -0.4 is 5.73 Å². The van der Waals surface area contributed by atoms with Crippen molar-refractivity contribution >= 4 is 5.97 Å². The van der Waals surface area contributed by atoms with Crippen molar-refractivity contribution < 1.29 is 14.6 Å². The number of ether oxygens (including phenoxy) is 1. The summed E-state index contributed by atoms with van der Waals surface area (Å²) in [6, 6.07) is 0. The summed E-state index contributed by atoms with van der Waals surface area (Å²) in [6.07, 6.45) is 7.85. The molecule has 2 aliphatic rings. The molecule has 2 aliphatic carbocycles. The molecule has 0 spiro atoms. The first kappa shape index (κ1) is 13.8. The van der Waals surface area contributed by atoms with E-state index in [-0.39, 0.29) is 18.6 Å². The van der Waals surface area contributed by atoms with E-state index in [4.69, 9.17) is 10.5 Å². The predicted octanol–water partition coefficient (Wildman–Crippen LogP) is 2.16. The van der Waals surface area contributed by atoms with Crippen molar-refractivity contribution in [2.24, 2.45) is 17.6 Å². The van der Waals surface area contributed by atoms with Crippen LogP contribution in [0.4, 0.5) is 0 Å². The highest BCUT2D eigenvalue weighted by atomic mass is 16.5. The molecule has 3 atom stereocenters. The highest BCUT2D eigenvalue weighted by molar-refractivity contribution is 5.79. The number of carbonyl (C=O) groups is 1. The summed E-state index contributed by atoms with van der Waals surface area (Å²) in [4.78, 5) is 11.3. The standard InChI is InChI=1S/C14H25NO3/c1-2-10-4-3-5-12(8-10)18-9-14(15,13(16)17)11-6-7-11/h10-12H,2-9,15H2,1H3,(H,16,17). The van der Waals surface area contributed by atoms with Gasteiger partial charge in [-0.1, -0.05) is 26.2 Å². The summed E-state index contributed by atoms with van der Waals surface area (Å²) in [7, 11) is 0. The molecule has 4 nitrogen and oxygen atoms in total. The van der Waals surface area contributed by atoms with Gasteiger partial charge in [0, 0.05) is 0 Å². The molecule has 0 aromatic heterocycles. The maximum Gasteiger partial charge on any atom is 0.326 e. The Kier molecular flexibility index (Phi) is 4.28. The summed E-state index contributed by atoms with van der Waals surface area (Å²) >= 11 is 0. The molecule has 4 heteroatoms. The van der Waals surface area contributed by atoms with E-state index in [0.717, 1.165) is 31.6 Å². The van der Waals surface area contributed by atoms with Gasteiger partial charge in [0.2, 0.25) is 0 Å². The normalized spacial score (nSPS) is 31.9. The molecular formula is C14H25NO3. The van der Waals surface area contributed by atoms with Crippen LogP contribution in [0.2, 0.25) is 0 Å². The highest BCUT2D eigenvalue weighted by Crippen LogP contribution is 2.39. The van der Waals surface area contributed by atoms with Crippen molar-refractivity contribution in [3.63, 3.8) is 0 Å². The third-order valence-electron chi connectivity index (χ3n) is 4.57. The van der Waals surface area contributed by atoms with Gasteiger partial charge >= 0.3 is 5.97 Å². The second-order valence-electron chi connectivity index (χ2n) is 5.99.